The van der Waals surface area contributed by atoms with E-state index in [-0.39, 0.29) is 13.0 Å². The Morgan fingerprint density at radius 3 is 2.35 bits per heavy atom. The molecule has 1 N–H and O–H groups in total. The van der Waals surface area contributed by atoms with Gasteiger partial charge in [0.1, 0.15) is 0 Å². The molecule has 0 aromatic heterocycles. The lowest BCUT2D eigenvalue weighted by molar-refractivity contribution is -0.151. The maximum atomic E-state index is 12.6. The predicted molar refractivity (Wildman–Crippen MR) is 87.4 cm³/mol. The largest absolute Gasteiger partial charge is 0.479 e. The minimum Gasteiger partial charge on any atom is -0.479 e. The van der Waals surface area contributed by atoms with E-state index in [0.717, 1.165) is 17.7 Å². The van der Waals surface area contributed by atoms with Crippen LogP contribution < -0.4 is 0 Å². The number of amides is 1. The van der Waals surface area contributed by atoms with Crippen LogP contribution in [0.4, 0.5) is 13.2 Å². The number of aliphatic carboxylic acids is 1. The van der Waals surface area contributed by atoms with Crippen molar-refractivity contribution in [2.24, 2.45) is 0 Å². The Bertz CT molecular complexity index is 831. The van der Waals surface area contributed by atoms with Gasteiger partial charge in [-0.3, -0.25) is 4.79 Å². The lowest BCUT2D eigenvalue weighted by Crippen LogP contribution is -2.44. The average Bonchev–Trinajstić information content (AvgIpc) is 2.60. The molecular formula is C19H16F3NO3. The van der Waals surface area contributed by atoms with Gasteiger partial charge in [0, 0.05) is 6.54 Å². The van der Waals surface area contributed by atoms with Gasteiger partial charge in [-0.25, -0.2) is 4.79 Å². The standard InChI is InChI=1S/C19H16F3NO3/c20-19(21,22)14-7-5-12(6-8-14)11-16(24)23-10-9-13-3-1-2-4-15(13)17(23)18(25)26/h1-8,17H,9-11H2,(H,25,26). The fraction of sp³-hybridized carbons (Fsp3) is 0.263. The van der Waals surface area contributed by atoms with Crippen LogP contribution in [0.25, 0.3) is 0 Å². The number of alkyl halides is 3. The maximum Gasteiger partial charge on any atom is 0.416 e. The number of fused-ring (bicyclic) bond motifs is 1. The van der Waals surface area contributed by atoms with Crippen LogP contribution in [0.1, 0.15) is 28.3 Å². The van der Waals surface area contributed by atoms with Gasteiger partial charge < -0.3 is 10.0 Å². The first-order valence-electron chi connectivity index (χ1n) is 8.03. The van der Waals surface area contributed by atoms with E-state index >= 15 is 0 Å². The molecule has 3 rings (SSSR count). The maximum absolute atomic E-state index is 12.6. The van der Waals surface area contributed by atoms with Gasteiger partial charge in [-0.15, -0.1) is 0 Å². The van der Waals surface area contributed by atoms with Crippen LogP contribution in [0.15, 0.2) is 48.5 Å². The molecule has 0 spiro atoms. The molecule has 0 bridgehead atoms. The van der Waals surface area contributed by atoms with Crippen molar-refractivity contribution in [1.29, 1.82) is 0 Å². The second kappa shape index (κ2) is 6.82. The molecule has 1 aliphatic heterocycles. The van der Waals surface area contributed by atoms with Crippen LogP contribution in [0.2, 0.25) is 0 Å². The number of carboxylic acid groups (broad SMARTS) is 1. The summed E-state index contributed by atoms with van der Waals surface area (Å²) in [6.07, 6.45) is -4.05. The van der Waals surface area contributed by atoms with Crippen molar-refractivity contribution in [1.82, 2.24) is 4.90 Å². The van der Waals surface area contributed by atoms with Gasteiger partial charge >= 0.3 is 12.1 Å². The van der Waals surface area contributed by atoms with Crippen LogP contribution in [0.5, 0.6) is 0 Å². The number of nitrogens with zero attached hydrogens (tertiary/aromatic N) is 1. The summed E-state index contributed by atoms with van der Waals surface area (Å²) < 4.78 is 37.8. The lowest BCUT2D eigenvalue weighted by atomic mass is 9.92. The molecule has 1 amide bonds. The summed E-state index contributed by atoms with van der Waals surface area (Å²) in [5, 5.41) is 9.58. The number of halogens is 3. The highest BCUT2D eigenvalue weighted by Crippen LogP contribution is 2.31. The summed E-state index contributed by atoms with van der Waals surface area (Å²) in [6.45, 7) is 0.257. The van der Waals surface area contributed by atoms with E-state index in [9.17, 15) is 27.9 Å². The van der Waals surface area contributed by atoms with Crippen LogP contribution in [-0.4, -0.2) is 28.4 Å². The smallest absolute Gasteiger partial charge is 0.416 e. The molecule has 0 saturated heterocycles. The zero-order valence-corrected chi connectivity index (χ0v) is 13.7. The Balaban J connectivity index is 1.80. The van der Waals surface area contributed by atoms with Gasteiger partial charge in [0.05, 0.1) is 12.0 Å². The Hall–Kier alpha value is -2.83. The van der Waals surface area contributed by atoms with Crippen LogP contribution in [0.3, 0.4) is 0 Å². The molecule has 1 unspecified atom stereocenters. The normalized spacial score (nSPS) is 16.9. The number of rotatable bonds is 3. The van der Waals surface area contributed by atoms with Crippen molar-refractivity contribution in [3.05, 3.63) is 70.8 Å². The Labute approximate surface area is 147 Å². The van der Waals surface area contributed by atoms with E-state index in [1.807, 2.05) is 12.1 Å². The molecule has 136 valence electrons. The predicted octanol–water partition coefficient (Wildman–Crippen LogP) is 3.46. The Morgan fingerprint density at radius 2 is 1.73 bits per heavy atom. The van der Waals surface area contributed by atoms with Crippen molar-refractivity contribution in [2.45, 2.75) is 25.1 Å². The zero-order valence-electron chi connectivity index (χ0n) is 13.7. The molecule has 4 nitrogen and oxygen atoms in total. The molecule has 2 aromatic carbocycles. The number of carbonyl (C=O) groups excluding carboxylic acids is 1. The highest BCUT2D eigenvalue weighted by molar-refractivity contribution is 5.86. The number of carboxylic acids is 1. The van der Waals surface area contributed by atoms with Gasteiger partial charge in [0.25, 0.3) is 0 Å². The minimum atomic E-state index is -4.44. The van der Waals surface area contributed by atoms with E-state index in [1.165, 1.54) is 17.0 Å². The lowest BCUT2D eigenvalue weighted by Gasteiger charge is -2.34. The molecule has 0 fully saturated rings. The number of hydrogen-bond donors (Lipinski definition) is 1. The number of benzene rings is 2. The molecule has 7 heteroatoms. The third-order valence-electron chi connectivity index (χ3n) is 4.47. The molecule has 0 saturated carbocycles. The summed E-state index contributed by atoms with van der Waals surface area (Å²) in [5.74, 6) is -1.55. The zero-order chi connectivity index (χ0) is 18.9. The summed E-state index contributed by atoms with van der Waals surface area (Å²) in [7, 11) is 0. The first-order chi connectivity index (χ1) is 12.3. The van der Waals surface area contributed by atoms with Gasteiger partial charge in [-0.1, -0.05) is 36.4 Å². The monoisotopic (exact) mass is 363 g/mol. The van der Waals surface area contributed by atoms with Gasteiger partial charge in [-0.2, -0.15) is 13.2 Å². The molecule has 26 heavy (non-hydrogen) atoms. The molecule has 1 aliphatic rings. The second-order valence-electron chi connectivity index (χ2n) is 6.15. The number of hydrogen-bond acceptors (Lipinski definition) is 2. The molecular weight excluding hydrogens is 347 g/mol. The highest BCUT2D eigenvalue weighted by atomic mass is 19.4. The fourth-order valence-corrected chi connectivity index (χ4v) is 3.19. The van der Waals surface area contributed by atoms with Gasteiger partial charge in [-0.05, 0) is 35.2 Å². The Kier molecular flexibility index (Phi) is 4.71. The molecule has 1 atom stereocenters. The molecule has 2 aromatic rings. The molecule has 0 radical (unpaired) electrons. The van der Waals surface area contributed by atoms with Crippen molar-refractivity contribution >= 4 is 11.9 Å². The summed E-state index contributed by atoms with van der Waals surface area (Å²) >= 11 is 0. The third-order valence-corrected chi connectivity index (χ3v) is 4.47. The highest BCUT2D eigenvalue weighted by Gasteiger charge is 2.35. The summed E-state index contributed by atoms with van der Waals surface area (Å²) in [5.41, 5.74) is 1.08. The van der Waals surface area contributed by atoms with Crippen LogP contribution in [0, 0.1) is 0 Å². The van der Waals surface area contributed by atoms with Gasteiger partial charge in [0.2, 0.25) is 5.91 Å². The van der Waals surface area contributed by atoms with Gasteiger partial charge in [0.15, 0.2) is 6.04 Å². The van der Waals surface area contributed by atoms with E-state index in [4.69, 9.17) is 0 Å². The van der Waals surface area contributed by atoms with E-state index < -0.39 is 29.7 Å². The van der Waals surface area contributed by atoms with Crippen molar-refractivity contribution < 1.29 is 27.9 Å². The molecule has 0 aliphatic carbocycles. The first-order valence-corrected chi connectivity index (χ1v) is 8.03. The number of carbonyl (C=O) groups is 2. The summed E-state index contributed by atoms with van der Waals surface area (Å²) in [4.78, 5) is 25.6. The van der Waals surface area contributed by atoms with E-state index in [0.29, 0.717) is 17.5 Å². The quantitative estimate of drug-likeness (QED) is 0.909. The third kappa shape index (κ3) is 3.56. The Morgan fingerprint density at radius 1 is 1.08 bits per heavy atom. The summed E-state index contributed by atoms with van der Waals surface area (Å²) in [6, 6.07) is 10.3. The van der Waals surface area contributed by atoms with E-state index in [2.05, 4.69) is 0 Å². The minimum absolute atomic E-state index is 0.149. The van der Waals surface area contributed by atoms with E-state index in [1.54, 1.807) is 12.1 Å². The van der Waals surface area contributed by atoms with Crippen LogP contribution in [-0.2, 0) is 28.6 Å². The second-order valence-corrected chi connectivity index (χ2v) is 6.15. The van der Waals surface area contributed by atoms with Crippen molar-refractivity contribution in [3.63, 3.8) is 0 Å². The first kappa shape index (κ1) is 18.0. The van der Waals surface area contributed by atoms with Crippen molar-refractivity contribution in [2.75, 3.05) is 6.54 Å². The fourth-order valence-electron chi connectivity index (χ4n) is 3.19. The SMILES string of the molecule is O=C(O)C1c2ccccc2CCN1C(=O)Cc1ccc(C(F)(F)F)cc1. The molecule has 1 heterocycles. The van der Waals surface area contributed by atoms with Crippen LogP contribution >= 0.6 is 0 Å². The topological polar surface area (TPSA) is 57.6 Å². The van der Waals surface area contributed by atoms with Crippen molar-refractivity contribution in [3.8, 4) is 0 Å². The average molecular weight is 363 g/mol.